The van der Waals surface area contributed by atoms with Gasteiger partial charge in [0.1, 0.15) is 0 Å². The Kier molecular flexibility index (Phi) is 4.24. The molecule has 0 fully saturated rings. The van der Waals surface area contributed by atoms with Crippen LogP contribution >= 0.6 is 0 Å². The van der Waals surface area contributed by atoms with Gasteiger partial charge in [-0.15, -0.1) is 0 Å². The first kappa shape index (κ1) is 12.9. The van der Waals surface area contributed by atoms with Crippen LogP contribution < -0.4 is 5.32 Å². The number of benzene rings is 1. The maximum absolute atomic E-state index is 12.8. The summed E-state index contributed by atoms with van der Waals surface area (Å²) < 4.78 is 30.9. The minimum absolute atomic E-state index is 0.185. The monoisotopic (exact) mass is 229 g/mol. The Bertz CT molecular complexity index is 347. The van der Waals surface area contributed by atoms with E-state index in [1.165, 1.54) is 6.07 Å². The molecular formula is C12H17F2NO. The van der Waals surface area contributed by atoms with Crippen molar-refractivity contribution < 1.29 is 13.5 Å². The molecule has 0 unspecified atom stereocenters. The van der Waals surface area contributed by atoms with Crippen molar-refractivity contribution >= 4 is 5.69 Å². The normalized spacial score (nSPS) is 11.6. The van der Waals surface area contributed by atoms with Crippen molar-refractivity contribution in [2.45, 2.75) is 26.4 Å². The smallest absolute Gasteiger partial charge is 0.160 e. The third-order valence-corrected chi connectivity index (χ3v) is 1.89. The van der Waals surface area contributed by atoms with Crippen molar-refractivity contribution in [2.75, 3.05) is 18.5 Å². The molecule has 1 aromatic carbocycles. The highest BCUT2D eigenvalue weighted by Crippen LogP contribution is 2.13. The second kappa shape index (κ2) is 5.25. The second-order valence-electron chi connectivity index (χ2n) is 4.52. The topological polar surface area (TPSA) is 21.3 Å². The molecule has 2 nitrogen and oxygen atoms in total. The van der Waals surface area contributed by atoms with E-state index in [2.05, 4.69) is 5.32 Å². The van der Waals surface area contributed by atoms with Gasteiger partial charge in [0, 0.05) is 18.3 Å². The van der Waals surface area contributed by atoms with Gasteiger partial charge in [0.25, 0.3) is 0 Å². The fraction of sp³-hybridized carbons (Fsp3) is 0.500. The minimum atomic E-state index is -0.846. The van der Waals surface area contributed by atoms with Gasteiger partial charge >= 0.3 is 0 Å². The van der Waals surface area contributed by atoms with E-state index in [1.54, 1.807) is 0 Å². The average molecular weight is 229 g/mol. The summed E-state index contributed by atoms with van der Waals surface area (Å²) in [4.78, 5) is 0. The Labute approximate surface area is 94.6 Å². The van der Waals surface area contributed by atoms with Crippen LogP contribution in [-0.4, -0.2) is 18.8 Å². The van der Waals surface area contributed by atoms with Crippen LogP contribution in [0.3, 0.4) is 0 Å². The summed E-state index contributed by atoms with van der Waals surface area (Å²) in [5.74, 6) is -1.68. The summed E-state index contributed by atoms with van der Waals surface area (Å²) in [6, 6.07) is 3.73. The molecule has 1 aromatic rings. The molecule has 0 aliphatic carbocycles. The van der Waals surface area contributed by atoms with E-state index in [1.807, 2.05) is 20.8 Å². The lowest BCUT2D eigenvalue weighted by molar-refractivity contribution is 0.00333. The molecule has 0 atom stereocenters. The molecule has 0 amide bonds. The zero-order valence-electron chi connectivity index (χ0n) is 9.81. The second-order valence-corrected chi connectivity index (χ2v) is 4.52. The van der Waals surface area contributed by atoms with Gasteiger partial charge < -0.3 is 10.1 Å². The predicted molar refractivity (Wildman–Crippen MR) is 60.6 cm³/mol. The molecule has 0 radical (unpaired) electrons. The van der Waals surface area contributed by atoms with E-state index in [4.69, 9.17) is 4.74 Å². The molecule has 0 aliphatic heterocycles. The fourth-order valence-electron chi connectivity index (χ4n) is 1.16. The van der Waals surface area contributed by atoms with Crippen molar-refractivity contribution in [3.05, 3.63) is 29.8 Å². The fourth-order valence-corrected chi connectivity index (χ4v) is 1.16. The molecule has 1 rings (SSSR count). The van der Waals surface area contributed by atoms with Crippen LogP contribution in [0.15, 0.2) is 18.2 Å². The number of anilines is 1. The Balaban J connectivity index is 2.35. The summed E-state index contributed by atoms with van der Waals surface area (Å²) in [5, 5.41) is 2.95. The highest BCUT2D eigenvalue weighted by molar-refractivity contribution is 5.43. The van der Waals surface area contributed by atoms with E-state index in [0.29, 0.717) is 18.8 Å². The van der Waals surface area contributed by atoms with Crippen molar-refractivity contribution in [3.63, 3.8) is 0 Å². The first-order valence-corrected chi connectivity index (χ1v) is 5.21. The van der Waals surface area contributed by atoms with Crippen LogP contribution in [0.25, 0.3) is 0 Å². The van der Waals surface area contributed by atoms with Gasteiger partial charge in [0.2, 0.25) is 0 Å². The zero-order chi connectivity index (χ0) is 12.2. The highest BCUT2D eigenvalue weighted by atomic mass is 19.2. The molecular weight excluding hydrogens is 212 g/mol. The SMILES string of the molecule is CC(C)(C)OCCNc1ccc(F)c(F)c1. The van der Waals surface area contributed by atoms with Gasteiger partial charge in [-0.3, -0.25) is 0 Å². The standard InChI is InChI=1S/C12H17F2NO/c1-12(2,3)16-7-6-15-9-4-5-10(13)11(14)8-9/h4-5,8,15H,6-7H2,1-3H3. The van der Waals surface area contributed by atoms with Crippen LogP contribution in [0.5, 0.6) is 0 Å². The Morgan fingerprint density at radius 1 is 1.19 bits per heavy atom. The summed E-state index contributed by atoms with van der Waals surface area (Å²) in [6.45, 7) is 6.96. The maximum atomic E-state index is 12.8. The van der Waals surface area contributed by atoms with Gasteiger partial charge in [0.05, 0.1) is 12.2 Å². The molecule has 16 heavy (non-hydrogen) atoms. The van der Waals surface area contributed by atoms with Crippen LogP contribution in [0.1, 0.15) is 20.8 Å². The molecule has 90 valence electrons. The molecule has 1 N–H and O–H groups in total. The molecule has 0 aliphatic rings. The van der Waals surface area contributed by atoms with Gasteiger partial charge in [-0.05, 0) is 32.9 Å². The van der Waals surface area contributed by atoms with E-state index in [-0.39, 0.29) is 5.60 Å². The number of nitrogens with one attached hydrogen (secondary N) is 1. The number of hydrogen-bond acceptors (Lipinski definition) is 2. The van der Waals surface area contributed by atoms with E-state index in [9.17, 15) is 8.78 Å². The van der Waals surface area contributed by atoms with E-state index >= 15 is 0 Å². The molecule has 0 bridgehead atoms. The Morgan fingerprint density at radius 2 is 1.88 bits per heavy atom. The van der Waals surface area contributed by atoms with Crippen LogP contribution in [-0.2, 0) is 4.74 Å². The Morgan fingerprint density at radius 3 is 2.44 bits per heavy atom. The molecule has 0 aromatic heterocycles. The summed E-state index contributed by atoms with van der Waals surface area (Å²) >= 11 is 0. The van der Waals surface area contributed by atoms with Crippen LogP contribution in [0.2, 0.25) is 0 Å². The first-order valence-electron chi connectivity index (χ1n) is 5.21. The first-order chi connectivity index (χ1) is 7.38. The zero-order valence-corrected chi connectivity index (χ0v) is 9.81. The third kappa shape index (κ3) is 4.57. The molecule has 0 spiro atoms. The Hall–Kier alpha value is -1.16. The van der Waals surface area contributed by atoms with Gasteiger partial charge in [-0.2, -0.15) is 0 Å². The van der Waals surface area contributed by atoms with Crippen molar-refractivity contribution in [3.8, 4) is 0 Å². The van der Waals surface area contributed by atoms with Gasteiger partial charge in [-0.1, -0.05) is 0 Å². The van der Waals surface area contributed by atoms with Crippen LogP contribution in [0, 0.1) is 11.6 Å². The summed E-state index contributed by atoms with van der Waals surface area (Å²) in [6.07, 6.45) is 0. The number of rotatable bonds is 4. The van der Waals surface area contributed by atoms with Crippen molar-refractivity contribution in [1.29, 1.82) is 0 Å². The van der Waals surface area contributed by atoms with Gasteiger partial charge in [-0.25, -0.2) is 8.78 Å². The van der Waals surface area contributed by atoms with Crippen LogP contribution in [0.4, 0.5) is 14.5 Å². The van der Waals surface area contributed by atoms with Crippen molar-refractivity contribution in [2.24, 2.45) is 0 Å². The minimum Gasteiger partial charge on any atom is -0.383 e. The average Bonchev–Trinajstić information content (AvgIpc) is 2.17. The lowest BCUT2D eigenvalue weighted by Gasteiger charge is -2.19. The van der Waals surface area contributed by atoms with Gasteiger partial charge in [0.15, 0.2) is 11.6 Å². The largest absolute Gasteiger partial charge is 0.383 e. The highest BCUT2D eigenvalue weighted by Gasteiger charge is 2.09. The summed E-state index contributed by atoms with van der Waals surface area (Å²) in [7, 11) is 0. The van der Waals surface area contributed by atoms with E-state index in [0.717, 1.165) is 12.1 Å². The number of hydrogen-bond donors (Lipinski definition) is 1. The third-order valence-electron chi connectivity index (χ3n) is 1.89. The quantitative estimate of drug-likeness (QED) is 0.800. The molecule has 0 heterocycles. The lowest BCUT2D eigenvalue weighted by atomic mass is 10.2. The van der Waals surface area contributed by atoms with Crippen molar-refractivity contribution in [1.82, 2.24) is 0 Å². The number of ether oxygens (including phenoxy) is 1. The lowest BCUT2D eigenvalue weighted by Crippen LogP contribution is -2.23. The predicted octanol–water partition coefficient (Wildman–Crippen LogP) is 3.19. The molecule has 4 heteroatoms. The summed E-state index contributed by atoms with van der Waals surface area (Å²) in [5.41, 5.74) is 0.367. The maximum Gasteiger partial charge on any atom is 0.160 e. The van der Waals surface area contributed by atoms with E-state index < -0.39 is 11.6 Å². The number of halogens is 2. The molecule has 0 saturated carbocycles. The molecule has 0 saturated heterocycles.